The standard InChI is InChI=1S/C17H19N3O4S2.Na/c1-3-4-25-14-16-19(7-18-14)6-11(26-16)9-5-10-12(8(2)21)15(22)20(10)13(9)17(23)24;/h6-8,10,12,21H,3-5H2,1-2H3,(H,23,24);/q;+1/p-1/t8-,10-,12-;/m1./s1. The van der Waals surface area contributed by atoms with Crippen LogP contribution in [0.3, 0.4) is 0 Å². The molecular weight excluding hydrogens is 397 g/mol. The van der Waals surface area contributed by atoms with Crippen molar-refractivity contribution in [3.05, 3.63) is 23.1 Å². The number of aliphatic hydroxyl groups excluding tert-OH is 1. The van der Waals surface area contributed by atoms with Crippen LogP contribution in [0, 0.1) is 5.92 Å². The first kappa shape index (κ1) is 20.9. The van der Waals surface area contributed by atoms with E-state index in [0.29, 0.717) is 12.0 Å². The van der Waals surface area contributed by atoms with Gasteiger partial charge in [-0.25, -0.2) is 4.98 Å². The molecule has 0 radical (unpaired) electrons. The number of hydrogen-bond acceptors (Lipinski definition) is 7. The average molecular weight is 415 g/mol. The van der Waals surface area contributed by atoms with E-state index < -0.39 is 18.0 Å². The minimum atomic E-state index is -1.35. The Bertz CT molecular complexity index is 936. The van der Waals surface area contributed by atoms with Crippen LogP contribution in [0.5, 0.6) is 0 Å². The number of aliphatic hydroxyl groups is 1. The van der Waals surface area contributed by atoms with Crippen molar-refractivity contribution in [2.24, 2.45) is 5.92 Å². The maximum Gasteiger partial charge on any atom is 1.00 e. The van der Waals surface area contributed by atoms with E-state index in [2.05, 4.69) is 11.9 Å². The molecule has 2 aliphatic rings. The number of carbonyl (C=O) groups is 2. The third-order valence-corrected chi connectivity index (χ3v) is 7.33. The van der Waals surface area contributed by atoms with E-state index in [9.17, 15) is 19.8 Å². The number of hydrogen-bond donors (Lipinski definition) is 1. The molecule has 0 unspecified atom stereocenters. The summed E-state index contributed by atoms with van der Waals surface area (Å²) in [5.41, 5.74) is 0.545. The fraction of sp³-hybridized carbons (Fsp3) is 0.471. The number of rotatable bonds is 6. The number of aliphatic carboxylic acids is 1. The molecule has 2 aromatic heterocycles. The van der Waals surface area contributed by atoms with Gasteiger partial charge in [-0.2, -0.15) is 0 Å². The van der Waals surface area contributed by atoms with Crippen molar-refractivity contribution >= 4 is 45.4 Å². The molecule has 138 valence electrons. The number of thiazole rings is 1. The zero-order valence-corrected chi connectivity index (χ0v) is 19.0. The fourth-order valence-electron chi connectivity index (χ4n) is 3.69. The maximum atomic E-state index is 12.3. The van der Waals surface area contributed by atoms with Gasteiger partial charge in [0.1, 0.15) is 16.2 Å². The summed E-state index contributed by atoms with van der Waals surface area (Å²) in [6, 6.07) is -0.307. The van der Waals surface area contributed by atoms with E-state index in [1.165, 1.54) is 16.2 Å². The first-order valence-corrected chi connectivity index (χ1v) is 10.3. The molecule has 27 heavy (non-hydrogen) atoms. The van der Waals surface area contributed by atoms with Gasteiger partial charge in [0.25, 0.3) is 0 Å². The van der Waals surface area contributed by atoms with Crippen LogP contribution in [0.2, 0.25) is 0 Å². The molecule has 1 fully saturated rings. The zero-order valence-electron chi connectivity index (χ0n) is 15.3. The molecule has 0 aromatic carbocycles. The quantitative estimate of drug-likeness (QED) is 0.332. The number of β-lactam (4-membered cyclic amide) rings is 1. The number of fused-ring (bicyclic) bond motifs is 2. The number of carbonyl (C=O) groups excluding carboxylic acids is 2. The Hall–Kier alpha value is -0.840. The van der Waals surface area contributed by atoms with Gasteiger partial charge in [0.2, 0.25) is 5.91 Å². The summed E-state index contributed by atoms with van der Waals surface area (Å²) < 4.78 is 1.89. The summed E-state index contributed by atoms with van der Waals surface area (Å²) in [6.07, 6.45) is 4.24. The van der Waals surface area contributed by atoms with Gasteiger partial charge in [-0.15, -0.1) is 23.1 Å². The molecule has 1 N–H and O–H groups in total. The van der Waals surface area contributed by atoms with Crippen molar-refractivity contribution in [3.8, 4) is 0 Å². The van der Waals surface area contributed by atoms with E-state index in [-0.39, 0.29) is 47.2 Å². The van der Waals surface area contributed by atoms with Crippen LogP contribution in [0.15, 0.2) is 23.2 Å². The van der Waals surface area contributed by atoms with Crippen LogP contribution in [0.25, 0.3) is 10.4 Å². The molecule has 4 heterocycles. The number of amides is 1. The molecule has 10 heteroatoms. The van der Waals surface area contributed by atoms with E-state index in [1.807, 2.05) is 10.6 Å². The summed E-state index contributed by atoms with van der Waals surface area (Å²) in [5.74, 6) is -1.28. The number of nitrogens with zero attached hydrogens (tertiary/aromatic N) is 3. The molecule has 2 aliphatic heterocycles. The Labute approximate surface area is 186 Å². The van der Waals surface area contributed by atoms with Crippen molar-refractivity contribution < 1.29 is 49.4 Å². The number of imidazole rings is 1. The Morgan fingerprint density at radius 1 is 1.56 bits per heavy atom. The topological polar surface area (TPSA) is 98.0 Å². The Balaban J connectivity index is 0.00000210. The average Bonchev–Trinajstić information content (AvgIpc) is 3.22. The summed E-state index contributed by atoms with van der Waals surface area (Å²) in [7, 11) is 0. The summed E-state index contributed by atoms with van der Waals surface area (Å²) in [4.78, 5) is 31.5. The van der Waals surface area contributed by atoms with Crippen LogP contribution >= 0.6 is 23.1 Å². The summed E-state index contributed by atoms with van der Waals surface area (Å²) >= 11 is 3.15. The largest absolute Gasteiger partial charge is 1.00 e. The van der Waals surface area contributed by atoms with Crippen molar-refractivity contribution in [1.29, 1.82) is 0 Å². The molecule has 0 saturated carbocycles. The molecule has 3 atom stereocenters. The van der Waals surface area contributed by atoms with Gasteiger partial charge in [-0.1, -0.05) is 6.92 Å². The van der Waals surface area contributed by atoms with Crippen molar-refractivity contribution in [3.63, 3.8) is 0 Å². The molecule has 1 saturated heterocycles. The van der Waals surface area contributed by atoms with Gasteiger partial charge >= 0.3 is 29.6 Å². The van der Waals surface area contributed by atoms with Crippen molar-refractivity contribution in [2.75, 3.05) is 5.75 Å². The Kier molecular flexibility index (Phi) is 6.10. The molecule has 0 aliphatic carbocycles. The van der Waals surface area contributed by atoms with E-state index >= 15 is 0 Å². The maximum absolute atomic E-state index is 12.3. The third kappa shape index (κ3) is 3.28. The predicted molar refractivity (Wildman–Crippen MR) is 96.4 cm³/mol. The predicted octanol–water partition coefficient (Wildman–Crippen LogP) is -2.03. The molecule has 7 nitrogen and oxygen atoms in total. The fourth-order valence-corrected chi connectivity index (χ4v) is 5.77. The molecule has 0 bridgehead atoms. The molecule has 4 rings (SSSR count). The minimum absolute atomic E-state index is 0. The molecule has 2 aromatic rings. The van der Waals surface area contributed by atoms with Gasteiger partial charge in [0.15, 0.2) is 0 Å². The van der Waals surface area contributed by atoms with Gasteiger partial charge in [-0.3, -0.25) is 9.20 Å². The summed E-state index contributed by atoms with van der Waals surface area (Å²) in [5, 5.41) is 22.5. The second-order valence-corrected chi connectivity index (χ2v) is 8.68. The normalized spacial score (nSPS) is 22.6. The van der Waals surface area contributed by atoms with E-state index in [4.69, 9.17) is 0 Å². The first-order valence-electron chi connectivity index (χ1n) is 8.49. The van der Waals surface area contributed by atoms with Gasteiger partial charge in [-0.05, 0) is 31.1 Å². The number of aromatic nitrogens is 2. The van der Waals surface area contributed by atoms with Crippen LogP contribution in [-0.4, -0.2) is 49.2 Å². The zero-order chi connectivity index (χ0) is 18.6. The van der Waals surface area contributed by atoms with Gasteiger partial charge in [0.05, 0.1) is 34.6 Å². The molecule has 0 spiro atoms. The van der Waals surface area contributed by atoms with Crippen molar-refractivity contribution in [2.45, 2.75) is 43.9 Å². The van der Waals surface area contributed by atoms with Crippen LogP contribution in [-0.2, 0) is 9.59 Å². The minimum Gasteiger partial charge on any atom is -0.543 e. The van der Waals surface area contributed by atoms with Gasteiger partial charge < -0.3 is 19.9 Å². The SMILES string of the molecule is CCCSc1ncn2cc(C3=C(C(=O)[O-])N4C(=O)[C@H]([C@@H](C)O)[C@H]4C3)sc12.[Na+]. The Morgan fingerprint density at radius 2 is 2.30 bits per heavy atom. The molecular formula is C17H18N3NaO4S2. The number of carboxylic acids is 1. The third-order valence-electron chi connectivity index (χ3n) is 4.84. The number of thioether (sulfide) groups is 1. The first-order chi connectivity index (χ1) is 12.4. The summed E-state index contributed by atoms with van der Waals surface area (Å²) in [6.45, 7) is 3.67. The monoisotopic (exact) mass is 415 g/mol. The van der Waals surface area contributed by atoms with Crippen LogP contribution in [0.1, 0.15) is 31.6 Å². The Morgan fingerprint density at radius 3 is 2.93 bits per heavy atom. The van der Waals surface area contributed by atoms with Gasteiger partial charge in [0, 0.05) is 6.20 Å². The molecule has 1 amide bonds. The van der Waals surface area contributed by atoms with Crippen LogP contribution in [0.4, 0.5) is 0 Å². The van der Waals surface area contributed by atoms with E-state index in [1.54, 1.807) is 25.0 Å². The second kappa shape index (κ2) is 7.88. The smallest absolute Gasteiger partial charge is 0.543 e. The number of carboxylic acid groups (broad SMARTS) is 1. The van der Waals surface area contributed by atoms with E-state index in [0.717, 1.165) is 26.9 Å². The second-order valence-electron chi connectivity index (χ2n) is 6.57. The van der Waals surface area contributed by atoms with Crippen molar-refractivity contribution in [1.82, 2.24) is 14.3 Å². The van der Waals surface area contributed by atoms with Crippen LogP contribution < -0.4 is 34.7 Å².